The Kier molecular flexibility index (Phi) is 11.1. The van der Waals surface area contributed by atoms with Crippen LogP contribution in [0.5, 0.6) is 0 Å². The van der Waals surface area contributed by atoms with Crippen LogP contribution >= 0.6 is 0 Å². The maximum absolute atomic E-state index is 11.4. The van der Waals surface area contributed by atoms with Crippen LogP contribution < -0.4 is 16.0 Å². The van der Waals surface area contributed by atoms with Crippen LogP contribution in [0.2, 0.25) is 0 Å². The average molecular weight is 515 g/mol. The van der Waals surface area contributed by atoms with Crippen LogP contribution in [0.3, 0.4) is 0 Å². The highest BCUT2D eigenvalue weighted by atomic mass is 16.3. The third kappa shape index (κ3) is 8.33. The van der Waals surface area contributed by atoms with Gasteiger partial charge in [0.25, 0.3) is 0 Å². The molecule has 3 aromatic carbocycles. The number of amides is 2. The van der Waals surface area contributed by atoms with E-state index >= 15 is 0 Å². The van der Waals surface area contributed by atoms with Gasteiger partial charge in [-0.15, -0.1) is 0 Å². The van der Waals surface area contributed by atoms with Gasteiger partial charge in [0.1, 0.15) is 17.4 Å². The third-order valence-electron chi connectivity index (χ3n) is 5.79. The summed E-state index contributed by atoms with van der Waals surface area (Å²) in [6.07, 6.45) is 2.69. The molecule has 0 spiro atoms. The minimum Gasteiger partial charge on any atom is -0.459 e. The van der Waals surface area contributed by atoms with Crippen molar-refractivity contribution in [3.05, 3.63) is 108 Å². The number of rotatable bonds is 8. The summed E-state index contributed by atoms with van der Waals surface area (Å²) < 4.78 is 5.45. The Morgan fingerprint density at radius 1 is 1.00 bits per heavy atom. The number of aromatic amines is 1. The zero-order valence-electron chi connectivity index (χ0n) is 21.6. The first-order valence-corrected chi connectivity index (χ1v) is 12.3. The molecule has 0 aliphatic heterocycles. The number of carbonyl (C=O) groups excluding carboxylic acids is 2. The molecular weight excluding hydrogens is 480 g/mol. The predicted octanol–water partition coefficient (Wildman–Crippen LogP) is 4.04. The summed E-state index contributed by atoms with van der Waals surface area (Å²) in [6.45, 7) is 2.84. The normalized spacial score (nSPS) is 11.0. The molecule has 0 saturated carbocycles. The number of H-pyrrole nitrogens is 1. The highest BCUT2D eigenvalue weighted by Gasteiger charge is 2.13. The molecule has 2 aromatic heterocycles. The van der Waals surface area contributed by atoms with Crippen LogP contribution in [0.1, 0.15) is 16.9 Å². The van der Waals surface area contributed by atoms with Crippen LogP contribution in [0.15, 0.2) is 95.5 Å². The Balaban J connectivity index is 0.000000161. The van der Waals surface area contributed by atoms with Gasteiger partial charge in [0.05, 0.1) is 13.2 Å². The monoisotopic (exact) mass is 514 g/mol. The Morgan fingerprint density at radius 3 is 2.39 bits per heavy atom. The minimum absolute atomic E-state index is 0.191. The molecule has 8 heteroatoms. The summed E-state index contributed by atoms with van der Waals surface area (Å²) in [5.74, 6) is 0.581. The van der Waals surface area contributed by atoms with Crippen LogP contribution in [-0.2, 0) is 22.7 Å². The minimum atomic E-state index is -0.534. The highest BCUT2D eigenvalue weighted by Crippen LogP contribution is 2.18. The number of aliphatic hydroxyl groups excluding tert-OH is 1. The number of hydrogen-bond acceptors (Lipinski definition) is 5. The van der Waals surface area contributed by atoms with Crippen molar-refractivity contribution in [3.63, 3.8) is 0 Å². The second-order valence-electron chi connectivity index (χ2n) is 8.49. The smallest absolute Gasteiger partial charge is 0.239 e. The molecule has 5 rings (SSSR count). The Bertz CT molecular complexity index is 1370. The summed E-state index contributed by atoms with van der Waals surface area (Å²) >= 11 is 0. The number of hydrogen-bond donors (Lipinski definition) is 5. The lowest BCUT2D eigenvalue weighted by Gasteiger charge is -2.13. The lowest BCUT2D eigenvalue weighted by atomic mass is 10.2. The van der Waals surface area contributed by atoms with Gasteiger partial charge in [-0.2, -0.15) is 0 Å². The van der Waals surface area contributed by atoms with Gasteiger partial charge in [0, 0.05) is 29.0 Å². The SMILES string of the molecule is CN[C@@H](CO)C(=O)NCc1ccccc1.Cc1c[nH]c2ccccc12.O=CNCc1cc2ccccc2o1. The summed E-state index contributed by atoms with van der Waals surface area (Å²) in [6, 6.07) is 27.1. The maximum Gasteiger partial charge on any atom is 0.239 e. The fourth-order valence-corrected chi connectivity index (χ4v) is 3.70. The van der Waals surface area contributed by atoms with Crippen molar-refractivity contribution in [2.45, 2.75) is 26.1 Å². The van der Waals surface area contributed by atoms with Crippen molar-refractivity contribution >= 4 is 34.2 Å². The number of fused-ring (bicyclic) bond motifs is 2. The quantitative estimate of drug-likeness (QED) is 0.200. The number of carbonyl (C=O) groups is 2. The molecule has 0 fully saturated rings. The van der Waals surface area contributed by atoms with Crippen molar-refractivity contribution in [1.29, 1.82) is 0 Å². The van der Waals surface area contributed by atoms with Gasteiger partial charge >= 0.3 is 0 Å². The number of aromatic nitrogens is 1. The predicted molar refractivity (Wildman–Crippen MR) is 150 cm³/mol. The first kappa shape index (κ1) is 28.2. The van der Waals surface area contributed by atoms with Crippen molar-refractivity contribution in [2.75, 3.05) is 13.7 Å². The number of aryl methyl sites for hydroxylation is 1. The van der Waals surface area contributed by atoms with E-state index in [1.807, 2.05) is 72.9 Å². The lowest BCUT2D eigenvalue weighted by Crippen LogP contribution is -2.44. The zero-order valence-corrected chi connectivity index (χ0v) is 21.6. The van der Waals surface area contributed by atoms with Crippen LogP contribution in [-0.4, -0.2) is 42.1 Å². The van der Waals surface area contributed by atoms with Crippen LogP contribution in [0, 0.1) is 6.92 Å². The highest BCUT2D eigenvalue weighted by molar-refractivity contribution is 5.83. The number of likely N-dealkylation sites (N-methyl/N-ethyl adjacent to an activating group) is 1. The van der Waals surface area contributed by atoms with Crippen molar-refractivity contribution in [1.82, 2.24) is 20.9 Å². The molecule has 198 valence electrons. The topological polar surface area (TPSA) is 119 Å². The third-order valence-corrected chi connectivity index (χ3v) is 5.79. The van der Waals surface area contributed by atoms with Gasteiger partial charge in [-0.1, -0.05) is 66.7 Å². The molecule has 0 saturated heterocycles. The van der Waals surface area contributed by atoms with E-state index in [1.165, 1.54) is 16.5 Å². The number of aliphatic hydroxyl groups is 1. The van der Waals surface area contributed by atoms with E-state index in [9.17, 15) is 9.59 Å². The second-order valence-corrected chi connectivity index (χ2v) is 8.49. The number of furan rings is 1. The molecule has 0 aliphatic rings. The largest absolute Gasteiger partial charge is 0.459 e. The molecular formula is C30H34N4O4. The molecule has 2 amide bonds. The molecule has 5 aromatic rings. The van der Waals surface area contributed by atoms with E-state index in [1.54, 1.807) is 7.05 Å². The molecule has 0 unspecified atom stereocenters. The Hall–Kier alpha value is -4.40. The molecule has 0 aliphatic carbocycles. The van der Waals surface area contributed by atoms with E-state index in [0.717, 1.165) is 22.3 Å². The fourth-order valence-electron chi connectivity index (χ4n) is 3.70. The van der Waals surface area contributed by atoms with E-state index in [2.05, 4.69) is 46.1 Å². The van der Waals surface area contributed by atoms with Gasteiger partial charge in [-0.3, -0.25) is 9.59 Å². The van der Waals surface area contributed by atoms with Crippen molar-refractivity contribution in [3.8, 4) is 0 Å². The number of benzene rings is 3. The van der Waals surface area contributed by atoms with E-state index < -0.39 is 6.04 Å². The van der Waals surface area contributed by atoms with E-state index in [0.29, 0.717) is 19.5 Å². The van der Waals surface area contributed by atoms with Gasteiger partial charge < -0.3 is 30.5 Å². The Labute approximate surface area is 222 Å². The average Bonchev–Trinajstić information content (AvgIpc) is 3.56. The summed E-state index contributed by atoms with van der Waals surface area (Å²) in [4.78, 5) is 24.7. The first-order chi connectivity index (χ1) is 18.5. The van der Waals surface area contributed by atoms with Crippen molar-refractivity contribution in [2.24, 2.45) is 0 Å². The molecule has 5 N–H and O–H groups in total. The molecule has 2 heterocycles. The number of para-hydroxylation sites is 2. The summed E-state index contributed by atoms with van der Waals surface area (Å²) in [5.41, 5.74) is 4.43. The van der Waals surface area contributed by atoms with E-state index in [-0.39, 0.29) is 12.5 Å². The second kappa shape index (κ2) is 15.0. The van der Waals surface area contributed by atoms with Crippen molar-refractivity contribution < 1.29 is 19.1 Å². The molecule has 0 radical (unpaired) electrons. The van der Waals surface area contributed by atoms with Crippen LogP contribution in [0.25, 0.3) is 21.9 Å². The summed E-state index contributed by atoms with van der Waals surface area (Å²) in [5, 5.41) is 19.3. The standard InChI is InChI=1S/C11H16N2O2.C10H9NO2.C9H9N/c1-12-10(8-14)11(15)13-7-9-5-3-2-4-6-9;12-7-11-6-9-5-8-3-1-2-4-10(8)13-9;1-7-6-10-9-5-3-2-4-8(7)9/h2-6,10,12,14H,7-8H2,1H3,(H,13,15);1-5,7H,6H2,(H,11,12);2-6,10H,1H3/t10-;;/m0../s1. The van der Waals surface area contributed by atoms with Crippen LogP contribution in [0.4, 0.5) is 0 Å². The zero-order chi connectivity index (χ0) is 27.2. The van der Waals surface area contributed by atoms with Gasteiger partial charge in [-0.25, -0.2) is 0 Å². The van der Waals surface area contributed by atoms with Gasteiger partial charge in [0.2, 0.25) is 12.3 Å². The molecule has 8 nitrogen and oxygen atoms in total. The van der Waals surface area contributed by atoms with Gasteiger partial charge in [-0.05, 0) is 43.3 Å². The molecule has 1 atom stereocenters. The molecule has 38 heavy (non-hydrogen) atoms. The fraction of sp³-hybridized carbons (Fsp3) is 0.200. The first-order valence-electron chi connectivity index (χ1n) is 12.3. The lowest BCUT2D eigenvalue weighted by molar-refractivity contribution is -0.124. The maximum atomic E-state index is 11.4. The van der Waals surface area contributed by atoms with Gasteiger partial charge in [0.15, 0.2) is 0 Å². The van der Waals surface area contributed by atoms with E-state index in [4.69, 9.17) is 9.52 Å². The Morgan fingerprint density at radius 2 is 1.71 bits per heavy atom. The number of nitrogens with one attached hydrogen (secondary N) is 4. The molecule has 0 bridgehead atoms. The summed E-state index contributed by atoms with van der Waals surface area (Å²) in [7, 11) is 1.64.